The van der Waals surface area contributed by atoms with Crippen LogP contribution in [-0.2, 0) is 40.3 Å². The summed E-state index contributed by atoms with van der Waals surface area (Å²) in [5, 5.41) is 0. The molecule has 0 radical (unpaired) electrons. The van der Waals surface area contributed by atoms with E-state index in [-0.39, 0.29) is 11.9 Å². The molecule has 0 saturated carbocycles. The number of ether oxygens (including phenoxy) is 4. The molecule has 0 spiro atoms. The second-order valence-corrected chi connectivity index (χ2v) is 12.3. The minimum atomic E-state index is -0.240. The Balaban J connectivity index is 0.000000229. The van der Waals surface area contributed by atoms with Gasteiger partial charge in [-0.2, -0.15) is 0 Å². The lowest BCUT2D eigenvalue weighted by atomic mass is 9.83. The van der Waals surface area contributed by atoms with Crippen LogP contribution in [0.25, 0.3) is 0 Å². The summed E-state index contributed by atoms with van der Waals surface area (Å²) in [4.78, 5) is 21.8. The minimum Gasteiger partial charge on any atom is -0.489 e. The SMILES string of the molecule is CCCCCC(=O)OC.CCCc1ccccc1OCc1ccc(OCc2ccccc2)cc1.COC(=O)c1ccc2c(c1)CCCC2C. The fourth-order valence-electron chi connectivity index (χ4n) is 5.63. The molecule has 0 heterocycles. The summed E-state index contributed by atoms with van der Waals surface area (Å²) in [5.74, 6) is 2.15. The van der Waals surface area contributed by atoms with E-state index in [1.165, 1.54) is 49.3 Å². The number of aryl methyl sites for hydroxylation is 2. The molecule has 4 aromatic rings. The van der Waals surface area contributed by atoms with Crippen LogP contribution >= 0.6 is 0 Å². The highest BCUT2D eigenvalue weighted by Gasteiger charge is 2.18. The second kappa shape index (κ2) is 22.1. The Morgan fingerprint density at radius 2 is 1.43 bits per heavy atom. The number of carbonyl (C=O) groups excluding carboxylic acids is 2. The third kappa shape index (κ3) is 13.8. The van der Waals surface area contributed by atoms with Crippen LogP contribution in [0.5, 0.6) is 11.5 Å². The number of para-hydroxylation sites is 1. The number of carbonyl (C=O) groups is 2. The zero-order valence-corrected chi connectivity index (χ0v) is 30.0. The predicted octanol–water partition coefficient (Wildman–Crippen LogP) is 10.4. The van der Waals surface area contributed by atoms with Crippen molar-refractivity contribution in [3.8, 4) is 11.5 Å². The molecule has 4 aromatic carbocycles. The van der Waals surface area contributed by atoms with Gasteiger partial charge in [0, 0.05) is 6.42 Å². The highest BCUT2D eigenvalue weighted by Crippen LogP contribution is 2.31. The summed E-state index contributed by atoms with van der Waals surface area (Å²) >= 11 is 0. The molecule has 49 heavy (non-hydrogen) atoms. The number of benzene rings is 4. The van der Waals surface area contributed by atoms with Crippen molar-refractivity contribution in [1.29, 1.82) is 0 Å². The first-order valence-electron chi connectivity index (χ1n) is 17.6. The van der Waals surface area contributed by atoms with Gasteiger partial charge in [0.25, 0.3) is 0 Å². The largest absolute Gasteiger partial charge is 0.489 e. The number of unbranched alkanes of at least 4 members (excludes halogenated alkanes) is 2. The molecular formula is C43H54O6. The normalized spacial score (nSPS) is 13.0. The summed E-state index contributed by atoms with van der Waals surface area (Å²) in [6.45, 7) is 7.69. The smallest absolute Gasteiger partial charge is 0.337 e. The van der Waals surface area contributed by atoms with E-state index in [0.717, 1.165) is 55.6 Å². The van der Waals surface area contributed by atoms with Gasteiger partial charge in [-0.15, -0.1) is 0 Å². The molecule has 1 unspecified atom stereocenters. The summed E-state index contributed by atoms with van der Waals surface area (Å²) < 4.78 is 21.0. The molecule has 0 bridgehead atoms. The van der Waals surface area contributed by atoms with Crippen LogP contribution in [-0.4, -0.2) is 26.2 Å². The van der Waals surface area contributed by atoms with Crippen LogP contribution in [0.3, 0.4) is 0 Å². The molecule has 1 atom stereocenters. The number of hydrogen-bond acceptors (Lipinski definition) is 6. The van der Waals surface area contributed by atoms with Gasteiger partial charge in [0.1, 0.15) is 24.7 Å². The third-order valence-electron chi connectivity index (χ3n) is 8.45. The third-order valence-corrected chi connectivity index (χ3v) is 8.45. The Hall–Kier alpha value is -4.58. The Bertz CT molecular complexity index is 1530. The van der Waals surface area contributed by atoms with Crippen LogP contribution in [0.2, 0.25) is 0 Å². The minimum absolute atomic E-state index is 0.0940. The molecule has 0 fully saturated rings. The van der Waals surface area contributed by atoms with Gasteiger partial charge in [0.2, 0.25) is 0 Å². The number of fused-ring (bicyclic) bond motifs is 1. The van der Waals surface area contributed by atoms with E-state index in [1.807, 2.05) is 54.6 Å². The van der Waals surface area contributed by atoms with Crippen LogP contribution in [0.1, 0.15) is 110 Å². The van der Waals surface area contributed by atoms with Crippen LogP contribution < -0.4 is 9.47 Å². The fourth-order valence-corrected chi connectivity index (χ4v) is 5.63. The summed E-state index contributed by atoms with van der Waals surface area (Å²) in [7, 11) is 2.85. The molecule has 0 aliphatic heterocycles. The molecule has 5 rings (SSSR count). The van der Waals surface area contributed by atoms with Gasteiger partial charge < -0.3 is 18.9 Å². The first-order valence-corrected chi connectivity index (χ1v) is 17.6. The molecule has 0 aromatic heterocycles. The maximum atomic E-state index is 11.4. The van der Waals surface area contributed by atoms with E-state index < -0.39 is 0 Å². The highest BCUT2D eigenvalue weighted by molar-refractivity contribution is 5.89. The Morgan fingerprint density at radius 3 is 2.12 bits per heavy atom. The van der Waals surface area contributed by atoms with Crippen LogP contribution in [0.15, 0.2) is 97.1 Å². The Labute approximate surface area is 293 Å². The molecule has 0 N–H and O–H groups in total. The monoisotopic (exact) mass is 666 g/mol. The van der Waals surface area contributed by atoms with E-state index in [4.69, 9.17) is 14.2 Å². The van der Waals surface area contributed by atoms with Crippen LogP contribution in [0.4, 0.5) is 0 Å². The number of hydrogen-bond donors (Lipinski definition) is 0. The van der Waals surface area contributed by atoms with Crippen molar-refractivity contribution in [2.45, 2.75) is 97.7 Å². The van der Waals surface area contributed by atoms with E-state index in [9.17, 15) is 9.59 Å². The molecule has 0 amide bonds. The lowest BCUT2D eigenvalue weighted by Crippen LogP contribution is -2.09. The summed E-state index contributed by atoms with van der Waals surface area (Å²) in [5.41, 5.74) is 6.96. The molecule has 6 heteroatoms. The summed E-state index contributed by atoms with van der Waals surface area (Å²) in [6, 6.07) is 32.5. The molecule has 0 saturated heterocycles. The van der Waals surface area contributed by atoms with Crippen molar-refractivity contribution in [2.75, 3.05) is 14.2 Å². The quantitative estimate of drug-likeness (QED) is 0.104. The molecule has 1 aliphatic carbocycles. The molecule has 6 nitrogen and oxygen atoms in total. The number of esters is 2. The van der Waals surface area contributed by atoms with Crippen molar-refractivity contribution in [2.24, 2.45) is 0 Å². The van der Waals surface area contributed by atoms with E-state index in [0.29, 0.717) is 31.1 Å². The fraction of sp³-hybridized carbons (Fsp3) is 0.395. The zero-order chi connectivity index (χ0) is 35.3. The molecular weight excluding hydrogens is 612 g/mol. The average Bonchev–Trinajstić information content (AvgIpc) is 3.15. The van der Waals surface area contributed by atoms with Crippen molar-refractivity contribution in [3.63, 3.8) is 0 Å². The van der Waals surface area contributed by atoms with Crippen molar-refractivity contribution in [1.82, 2.24) is 0 Å². The number of methoxy groups -OCH3 is 2. The van der Waals surface area contributed by atoms with E-state index in [2.05, 4.69) is 68.0 Å². The van der Waals surface area contributed by atoms with E-state index >= 15 is 0 Å². The zero-order valence-electron chi connectivity index (χ0n) is 30.0. The van der Waals surface area contributed by atoms with Crippen molar-refractivity contribution in [3.05, 3.63) is 130 Å². The van der Waals surface area contributed by atoms with E-state index in [1.54, 1.807) is 0 Å². The first kappa shape index (κ1) is 38.9. The number of rotatable bonds is 13. The average molecular weight is 667 g/mol. The van der Waals surface area contributed by atoms with Gasteiger partial charge in [0.05, 0.1) is 19.8 Å². The standard InChI is InChI=1S/C23H24O2.C13H16O2.C7H14O2/c1-2-8-21-11-6-7-12-23(21)25-18-20-13-15-22(16-14-20)24-17-19-9-4-3-5-10-19;1-9-4-3-5-10-8-11(13(14)15-2)6-7-12(9)10;1-3-4-5-6-7(8)9-2/h3-7,9-16H,2,8,17-18H2,1H3;6-9H,3-5H2,1-2H3;3-6H2,1-2H3. The maximum Gasteiger partial charge on any atom is 0.337 e. The topological polar surface area (TPSA) is 71.1 Å². The molecule has 262 valence electrons. The maximum absolute atomic E-state index is 11.4. The summed E-state index contributed by atoms with van der Waals surface area (Å²) in [6.07, 6.45) is 9.53. The van der Waals surface area contributed by atoms with Crippen LogP contribution in [0, 0.1) is 0 Å². The van der Waals surface area contributed by atoms with Crippen molar-refractivity contribution >= 4 is 11.9 Å². The second-order valence-electron chi connectivity index (χ2n) is 12.3. The highest BCUT2D eigenvalue weighted by atomic mass is 16.5. The predicted molar refractivity (Wildman–Crippen MR) is 197 cm³/mol. The van der Waals surface area contributed by atoms with Gasteiger partial charge in [-0.05, 0) is 96.2 Å². The Morgan fingerprint density at radius 1 is 0.735 bits per heavy atom. The van der Waals surface area contributed by atoms with Crippen molar-refractivity contribution < 1.29 is 28.5 Å². The lowest BCUT2D eigenvalue weighted by molar-refractivity contribution is -0.140. The lowest BCUT2D eigenvalue weighted by Gasteiger charge is -2.22. The van der Waals surface area contributed by atoms with Gasteiger partial charge in [0.15, 0.2) is 0 Å². The van der Waals surface area contributed by atoms with Gasteiger partial charge in [-0.3, -0.25) is 4.79 Å². The van der Waals surface area contributed by atoms with Gasteiger partial charge >= 0.3 is 11.9 Å². The molecule has 1 aliphatic rings. The van der Waals surface area contributed by atoms with Gasteiger partial charge in [-0.1, -0.05) is 107 Å². The Kier molecular flexibility index (Phi) is 17.6. The first-order chi connectivity index (χ1) is 23.9. The van der Waals surface area contributed by atoms with Gasteiger partial charge in [-0.25, -0.2) is 4.79 Å².